The van der Waals surface area contributed by atoms with Crippen LogP contribution in [-0.4, -0.2) is 15.5 Å². The summed E-state index contributed by atoms with van der Waals surface area (Å²) in [6.07, 6.45) is 3.88. The number of nitrogens with zero attached hydrogens (tertiary/aromatic N) is 2. The molecular formula is C22H25N5S. The molecule has 0 saturated carbocycles. The van der Waals surface area contributed by atoms with Gasteiger partial charge in [0.2, 0.25) is 5.95 Å². The third-order valence-corrected chi connectivity index (χ3v) is 5.13. The molecule has 3 N–H and O–H groups in total. The number of hydrogen-bond acceptors (Lipinski definition) is 6. The average molecular weight is 392 g/mol. The predicted octanol–water partition coefficient (Wildman–Crippen LogP) is 5.75. The molecule has 0 spiro atoms. The summed E-state index contributed by atoms with van der Waals surface area (Å²) in [6.45, 7) is 6.52. The van der Waals surface area contributed by atoms with E-state index in [1.807, 2.05) is 6.07 Å². The fourth-order valence-electron chi connectivity index (χ4n) is 3.05. The van der Waals surface area contributed by atoms with Gasteiger partial charge in [-0.1, -0.05) is 12.1 Å². The molecule has 0 aliphatic heterocycles. The molecule has 0 saturated heterocycles. The molecule has 5 nitrogen and oxygen atoms in total. The number of benzene rings is 1. The lowest BCUT2D eigenvalue weighted by Gasteiger charge is -2.32. The van der Waals surface area contributed by atoms with E-state index >= 15 is 0 Å². The van der Waals surface area contributed by atoms with E-state index in [2.05, 4.69) is 87.8 Å². The van der Waals surface area contributed by atoms with Crippen LogP contribution in [0.5, 0.6) is 0 Å². The second kappa shape index (κ2) is 7.64. The topological polar surface area (TPSA) is 61.9 Å². The maximum Gasteiger partial charge on any atom is 0.229 e. The van der Waals surface area contributed by atoms with E-state index in [1.54, 1.807) is 17.5 Å². The van der Waals surface area contributed by atoms with Crippen molar-refractivity contribution in [2.75, 3.05) is 10.6 Å². The van der Waals surface area contributed by atoms with Crippen molar-refractivity contribution < 1.29 is 0 Å². The highest BCUT2D eigenvalue weighted by atomic mass is 32.1. The Kier molecular flexibility index (Phi) is 5.05. The van der Waals surface area contributed by atoms with E-state index in [9.17, 15) is 0 Å². The number of rotatable bonds is 6. The Morgan fingerprint density at radius 1 is 0.893 bits per heavy atom. The highest BCUT2D eigenvalue weighted by Crippen LogP contribution is 2.29. The highest BCUT2D eigenvalue weighted by Gasteiger charge is 2.22. The van der Waals surface area contributed by atoms with E-state index in [0.717, 1.165) is 24.3 Å². The summed E-state index contributed by atoms with van der Waals surface area (Å²) in [5, 5.41) is 14.5. The van der Waals surface area contributed by atoms with Gasteiger partial charge in [0.05, 0.1) is 0 Å². The summed E-state index contributed by atoms with van der Waals surface area (Å²) in [5.74, 6) is 1.38. The molecule has 6 heteroatoms. The van der Waals surface area contributed by atoms with Gasteiger partial charge >= 0.3 is 0 Å². The van der Waals surface area contributed by atoms with Crippen LogP contribution < -0.4 is 16.0 Å². The summed E-state index contributed by atoms with van der Waals surface area (Å²) >= 11 is 1.71. The third-order valence-electron chi connectivity index (χ3n) is 4.45. The van der Waals surface area contributed by atoms with Gasteiger partial charge in [0.25, 0.3) is 0 Å². The van der Waals surface area contributed by atoms with Crippen molar-refractivity contribution in [3.63, 3.8) is 0 Å². The van der Waals surface area contributed by atoms with Gasteiger partial charge in [-0.2, -0.15) is 16.3 Å². The maximum absolute atomic E-state index is 4.60. The Bertz CT molecular complexity index is 969. The minimum atomic E-state index is 0.0657. The van der Waals surface area contributed by atoms with Crippen molar-refractivity contribution in [2.24, 2.45) is 0 Å². The highest BCUT2D eigenvalue weighted by molar-refractivity contribution is 7.08. The van der Waals surface area contributed by atoms with E-state index in [4.69, 9.17) is 0 Å². The largest absolute Gasteiger partial charge is 0.382 e. The van der Waals surface area contributed by atoms with Crippen LogP contribution in [0.4, 0.5) is 17.5 Å². The lowest BCUT2D eigenvalue weighted by molar-refractivity contribution is 0.446. The number of anilines is 3. The van der Waals surface area contributed by atoms with Crippen molar-refractivity contribution in [1.29, 1.82) is 0 Å². The average Bonchev–Trinajstić information content (AvgIpc) is 3.19. The maximum atomic E-state index is 4.60. The van der Waals surface area contributed by atoms with Gasteiger partial charge in [0.1, 0.15) is 5.82 Å². The Labute approximate surface area is 169 Å². The van der Waals surface area contributed by atoms with Crippen molar-refractivity contribution >= 4 is 28.8 Å². The zero-order valence-electron chi connectivity index (χ0n) is 16.4. The van der Waals surface area contributed by atoms with Gasteiger partial charge in [-0.3, -0.25) is 0 Å². The van der Waals surface area contributed by atoms with Gasteiger partial charge in [-0.25, -0.2) is 4.98 Å². The van der Waals surface area contributed by atoms with E-state index < -0.39 is 0 Å². The SMILES string of the molecule is CC(C)(C)NC1=C(Nc2ccnc(Nc3ccc(-c4ccsc4)cc3)n2)CC1. The lowest BCUT2D eigenvalue weighted by atomic mass is 9.97. The second-order valence-corrected chi connectivity index (χ2v) is 8.72. The van der Waals surface area contributed by atoms with Crippen LogP contribution >= 0.6 is 11.3 Å². The number of thiophene rings is 1. The first-order chi connectivity index (χ1) is 13.5. The Morgan fingerprint density at radius 3 is 2.32 bits per heavy atom. The minimum Gasteiger partial charge on any atom is -0.382 e. The molecule has 144 valence electrons. The molecule has 0 amide bonds. The fraction of sp³-hybridized carbons (Fsp3) is 0.273. The Balaban J connectivity index is 1.44. The van der Waals surface area contributed by atoms with Crippen LogP contribution in [-0.2, 0) is 0 Å². The number of nitrogens with one attached hydrogen (secondary N) is 3. The zero-order chi connectivity index (χ0) is 19.6. The number of hydrogen-bond donors (Lipinski definition) is 3. The molecule has 2 aromatic heterocycles. The Morgan fingerprint density at radius 2 is 1.68 bits per heavy atom. The van der Waals surface area contributed by atoms with Gasteiger partial charge in [-0.15, -0.1) is 0 Å². The molecule has 0 bridgehead atoms. The van der Waals surface area contributed by atoms with Crippen LogP contribution in [0, 0.1) is 0 Å². The monoisotopic (exact) mass is 391 g/mol. The lowest BCUT2D eigenvalue weighted by Crippen LogP contribution is -2.38. The van der Waals surface area contributed by atoms with Crippen molar-refractivity contribution in [2.45, 2.75) is 39.2 Å². The molecule has 0 fully saturated rings. The molecule has 2 heterocycles. The molecule has 0 unspecified atom stereocenters. The predicted molar refractivity (Wildman–Crippen MR) is 118 cm³/mol. The zero-order valence-corrected chi connectivity index (χ0v) is 17.2. The summed E-state index contributed by atoms with van der Waals surface area (Å²) < 4.78 is 0. The first-order valence-corrected chi connectivity index (χ1v) is 10.4. The molecule has 1 aliphatic carbocycles. The summed E-state index contributed by atoms with van der Waals surface area (Å²) in [7, 11) is 0. The summed E-state index contributed by atoms with van der Waals surface area (Å²) in [5.41, 5.74) is 5.96. The molecular weight excluding hydrogens is 366 g/mol. The Hall–Kier alpha value is -2.86. The molecule has 1 aromatic carbocycles. The normalized spacial score (nSPS) is 13.8. The van der Waals surface area contributed by atoms with E-state index in [1.165, 1.54) is 22.5 Å². The number of allylic oxidation sites excluding steroid dienone is 2. The van der Waals surface area contributed by atoms with Gasteiger partial charge < -0.3 is 16.0 Å². The van der Waals surface area contributed by atoms with Gasteiger partial charge in [-0.05, 0) is 79.8 Å². The summed E-state index contributed by atoms with van der Waals surface area (Å²) in [4.78, 5) is 8.94. The molecule has 0 radical (unpaired) electrons. The van der Waals surface area contributed by atoms with Crippen molar-refractivity contribution in [3.8, 4) is 11.1 Å². The molecule has 4 rings (SSSR count). The van der Waals surface area contributed by atoms with Gasteiger partial charge in [0, 0.05) is 28.8 Å². The van der Waals surface area contributed by atoms with Crippen LogP contribution in [0.25, 0.3) is 11.1 Å². The molecule has 1 aliphatic rings. The quantitative estimate of drug-likeness (QED) is 0.499. The van der Waals surface area contributed by atoms with Crippen LogP contribution in [0.2, 0.25) is 0 Å². The smallest absolute Gasteiger partial charge is 0.229 e. The van der Waals surface area contributed by atoms with Crippen LogP contribution in [0.3, 0.4) is 0 Å². The van der Waals surface area contributed by atoms with Gasteiger partial charge in [0.15, 0.2) is 0 Å². The van der Waals surface area contributed by atoms with E-state index in [-0.39, 0.29) is 5.54 Å². The first-order valence-electron chi connectivity index (χ1n) is 9.46. The molecule has 28 heavy (non-hydrogen) atoms. The summed E-state index contributed by atoms with van der Waals surface area (Å²) in [6, 6.07) is 12.3. The molecule has 0 atom stereocenters. The first kappa shape index (κ1) is 18.5. The van der Waals surface area contributed by atoms with Crippen LogP contribution in [0.1, 0.15) is 33.6 Å². The minimum absolute atomic E-state index is 0.0657. The van der Waals surface area contributed by atoms with Crippen LogP contribution in [0.15, 0.2) is 64.7 Å². The van der Waals surface area contributed by atoms with Crippen molar-refractivity contribution in [1.82, 2.24) is 15.3 Å². The van der Waals surface area contributed by atoms with E-state index in [0.29, 0.717) is 5.95 Å². The third kappa shape index (κ3) is 4.51. The molecule has 3 aromatic rings. The second-order valence-electron chi connectivity index (χ2n) is 7.94. The fourth-order valence-corrected chi connectivity index (χ4v) is 3.72. The standard InChI is InChI=1S/C22H25N5S/c1-22(2,3)27-19-9-8-18(19)25-20-10-12-23-21(26-20)24-17-6-4-15(5-7-17)16-11-13-28-14-16/h4-7,10-14,27H,8-9H2,1-3H3,(H2,23,24,25,26). The number of aromatic nitrogens is 2. The van der Waals surface area contributed by atoms with Crippen molar-refractivity contribution in [3.05, 3.63) is 64.7 Å².